The number of hydrogen-bond donors (Lipinski definition) is 1. The van der Waals surface area contributed by atoms with E-state index in [9.17, 15) is 21.6 Å². The van der Waals surface area contributed by atoms with Gasteiger partial charge in [0.15, 0.2) is 9.84 Å². The summed E-state index contributed by atoms with van der Waals surface area (Å²) in [5.41, 5.74) is 0.313. The normalized spacial score (nSPS) is 24.0. The Bertz CT molecular complexity index is 970. The topological polar surface area (TPSA) is 119 Å². The molecule has 9 nitrogen and oxygen atoms in total. The highest BCUT2D eigenvalue weighted by Gasteiger charge is 2.41. The summed E-state index contributed by atoms with van der Waals surface area (Å²) in [4.78, 5) is 11.3. The SMILES string of the molecule is COc1ccc(NC(C)=O)cc1S(=O)(=O)N(C[C@@H]1CCCO1)[C@H]1CCS(=O)(=O)C1. The summed E-state index contributed by atoms with van der Waals surface area (Å²) in [6.07, 6.45) is 1.51. The van der Waals surface area contributed by atoms with Crippen LogP contribution in [0.25, 0.3) is 0 Å². The highest BCUT2D eigenvalue weighted by Crippen LogP contribution is 2.33. The van der Waals surface area contributed by atoms with E-state index in [-0.39, 0.29) is 47.1 Å². The van der Waals surface area contributed by atoms with Crippen molar-refractivity contribution in [3.05, 3.63) is 18.2 Å². The van der Waals surface area contributed by atoms with Crippen LogP contribution in [0.15, 0.2) is 23.1 Å². The van der Waals surface area contributed by atoms with Gasteiger partial charge in [0, 0.05) is 31.8 Å². The molecule has 0 unspecified atom stereocenters. The van der Waals surface area contributed by atoms with Crippen LogP contribution in [0.1, 0.15) is 26.2 Å². The number of carbonyl (C=O) groups is 1. The fourth-order valence-corrected chi connectivity index (χ4v) is 7.41. The van der Waals surface area contributed by atoms with Crippen LogP contribution < -0.4 is 10.1 Å². The number of carbonyl (C=O) groups excluding carboxylic acids is 1. The average Bonchev–Trinajstić information content (AvgIpc) is 3.28. The number of hydrogen-bond acceptors (Lipinski definition) is 7. The van der Waals surface area contributed by atoms with E-state index in [1.54, 1.807) is 6.07 Å². The Kier molecular flexibility index (Phi) is 6.51. The van der Waals surface area contributed by atoms with Crippen LogP contribution in [0.5, 0.6) is 5.75 Å². The number of nitrogens with one attached hydrogen (secondary N) is 1. The number of amides is 1. The third kappa shape index (κ3) is 5.08. The van der Waals surface area contributed by atoms with Crippen molar-refractivity contribution < 1.29 is 31.1 Å². The molecule has 29 heavy (non-hydrogen) atoms. The summed E-state index contributed by atoms with van der Waals surface area (Å²) in [6, 6.07) is 3.68. The first-order valence-corrected chi connectivity index (χ1v) is 12.7. The van der Waals surface area contributed by atoms with E-state index in [0.29, 0.717) is 18.7 Å². The van der Waals surface area contributed by atoms with E-state index >= 15 is 0 Å². The van der Waals surface area contributed by atoms with Gasteiger partial charge < -0.3 is 14.8 Å². The zero-order valence-electron chi connectivity index (χ0n) is 16.5. The second-order valence-corrected chi connectivity index (χ2v) is 11.4. The van der Waals surface area contributed by atoms with Gasteiger partial charge in [-0.2, -0.15) is 4.31 Å². The molecule has 2 fully saturated rings. The highest BCUT2D eigenvalue weighted by molar-refractivity contribution is 7.92. The minimum Gasteiger partial charge on any atom is -0.495 e. The third-order valence-electron chi connectivity index (χ3n) is 5.09. The first-order chi connectivity index (χ1) is 13.6. The number of anilines is 1. The van der Waals surface area contributed by atoms with Crippen LogP contribution in [-0.4, -0.2) is 71.0 Å². The van der Waals surface area contributed by atoms with Crippen molar-refractivity contribution in [2.24, 2.45) is 0 Å². The number of nitrogens with zero attached hydrogens (tertiary/aromatic N) is 1. The van der Waals surface area contributed by atoms with E-state index in [0.717, 1.165) is 6.42 Å². The predicted molar refractivity (Wildman–Crippen MR) is 107 cm³/mol. The number of benzene rings is 1. The molecular formula is C18H26N2O7S2. The maximum absolute atomic E-state index is 13.6. The molecule has 0 aromatic heterocycles. The lowest BCUT2D eigenvalue weighted by Crippen LogP contribution is -2.45. The molecule has 0 radical (unpaired) electrons. The molecule has 162 valence electrons. The summed E-state index contributed by atoms with van der Waals surface area (Å²) in [6.45, 7) is 1.96. The van der Waals surface area contributed by atoms with Gasteiger partial charge in [-0.1, -0.05) is 0 Å². The van der Waals surface area contributed by atoms with Gasteiger partial charge in [-0.25, -0.2) is 16.8 Å². The van der Waals surface area contributed by atoms with Crippen LogP contribution in [-0.2, 0) is 29.4 Å². The largest absolute Gasteiger partial charge is 0.495 e. The molecule has 2 saturated heterocycles. The Hall–Kier alpha value is -1.69. The van der Waals surface area contributed by atoms with Crippen molar-refractivity contribution in [2.75, 3.05) is 37.1 Å². The minimum absolute atomic E-state index is 0.0434. The van der Waals surface area contributed by atoms with Gasteiger partial charge in [0.2, 0.25) is 15.9 Å². The molecule has 0 bridgehead atoms. The molecule has 3 rings (SSSR count). The Morgan fingerprint density at radius 2 is 2.10 bits per heavy atom. The maximum atomic E-state index is 13.6. The van der Waals surface area contributed by atoms with Gasteiger partial charge in [0.1, 0.15) is 10.6 Å². The van der Waals surface area contributed by atoms with E-state index < -0.39 is 25.9 Å². The molecule has 0 saturated carbocycles. The van der Waals surface area contributed by atoms with Crippen molar-refractivity contribution in [3.8, 4) is 5.75 Å². The molecule has 1 aromatic rings. The van der Waals surface area contributed by atoms with E-state index in [4.69, 9.17) is 9.47 Å². The van der Waals surface area contributed by atoms with Gasteiger partial charge in [-0.15, -0.1) is 0 Å². The second kappa shape index (κ2) is 8.58. The van der Waals surface area contributed by atoms with Crippen LogP contribution in [0.4, 0.5) is 5.69 Å². The second-order valence-electron chi connectivity index (χ2n) is 7.31. The van der Waals surface area contributed by atoms with E-state index in [2.05, 4.69) is 5.32 Å². The summed E-state index contributed by atoms with van der Waals surface area (Å²) < 4.78 is 63.4. The van der Waals surface area contributed by atoms with Crippen LogP contribution >= 0.6 is 0 Å². The number of sulfonamides is 1. The average molecular weight is 447 g/mol. The zero-order chi connectivity index (χ0) is 21.2. The first-order valence-electron chi connectivity index (χ1n) is 9.42. The number of rotatable bonds is 7. The van der Waals surface area contributed by atoms with Gasteiger partial charge in [0.25, 0.3) is 0 Å². The summed E-state index contributed by atoms with van der Waals surface area (Å²) in [5, 5.41) is 2.57. The molecule has 1 amide bonds. The Balaban J connectivity index is 2.02. The Labute approximate surface area is 171 Å². The van der Waals surface area contributed by atoms with Crippen molar-refractivity contribution >= 4 is 31.5 Å². The summed E-state index contributed by atoms with van der Waals surface area (Å²) in [5.74, 6) is -0.473. The van der Waals surface area contributed by atoms with Crippen molar-refractivity contribution in [1.29, 1.82) is 0 Å². The minimum atomic E-state index is -4.11. The molecule has 0 spiro atoms. The van der Waals surface area contributed by atoms with Gasteiger partial charge in [-0.3, -0.25) is 4.79 Å². The number of ether oxygens (including phenoxy) is 2. The van der Waals surface area contributed by atoms with Crippen molar-refractivity contribution in [2.45, 2.75) is 43.2 Å². The predicted octanol–water partition coefficient (Wildman–Crippen LogP) is 1.01. The monoisotopic (exact) mass is 446 g/mol. The molecule has 2 aliphatic heterocycles. The van der Waals surface area contributed by atoms with Crippen LogP contribution in [0.3, 0.4) is 0 Å². The van der Waals surface area contributed by atoms with Crippen LogP contribution in [0.2, 0.25) is 0 Å². The fourth-order valence-electron chi connectivity index (χ4n) is 3.72. The third-order valence-corrected chi connectivity index (χ3v) is 8.78. The lowest BCUT2D eigenvalue weighted by atomic mass is 10.2. The van der Waals surface area contributed by atoms with E-state index in [1.165, 1.54) is 30.5 Å². The molecule has 2 aliphatic rings. The summed E-state index contributed by atoms with van der Waals surface area (Å²) in [7, 11) is -6.04. The molecular weight excluding hydrogens is 420 g/mol. The smallest absolute Gasteiger partial charge is 0.247 e. The molecule has 0 aliphatic carbocycles. The van der Waals surface area contributed by atoms with Crippen molar-refractivity contribution in [1.82, 2.24) is 4.31 Å². The molecule has 11 heteroatoms. The summed E-state index contributed by atoms with van der Waals surface area (Å²) >= 11 is 0. The van der Waals surface area contributed by atoms with E-state index in [1.807, 2.05) is 0 Å². The molecule has 1 aromatic carbocycles. The van der Waals surface area contributed by atoms with Gasteiger partial charge >= 0.3 is 0 Å². The lowest BCUT2D eigenvalue weighted by Gasteiger charge is -2.30. The lowest BCUT2D eigenvalue weighted by molar-refractivity contribution is -0.114. The fraction of sp³-hybridized carbons (Fsp3) is 0.611. The number of methoxy groups -OCH3 is 1. The Morgan fingerprint density at radius 1 is 1.34 bits per heavy atom. The molecule has 2 heterocycles. The van der Waals surface area contributed by atoms with Crippen molar-refractivity contribution in [3.63, 3.8) is 0 Å². The molecule has 1 N–H and O–H groups in total. The molecule has 2 atom stereocenters. The zero-order valence-corrected chi connectivity index (χ0v) is 18.1. The van der Waals surface area contributed by atoms with Gasteiger partial charge in [-0.05, 0) is 37.5 Å². The van der Waals surface area contributed by atoms with Crippen LogP contribution in [0, 0.1) is 0 Å². The quantitative estimate of drug-likeness (QED) is 0.664. The standard InChI is InChI=1S/C18H26N2O7S2/c1-13(21)19-14-5-6-17(26-2)18(10-14)29(24,25)20(11-16-4-3-8-27-16)15-7-9-28(22,23)12-15/h5-6,10,15-16H,3-4,7-9,11-12H2,1-2H3,(H,19,21)/t15-,16-/m0/s1. The van der Waals surface area contributed by atoms with Gasteiger partial charge in [0.05, 0.1) is 24.7 Å². The number of sulfone groups is 1. The maximum Gasteiger partial charge on any atom is 0.247 e. The highest BCUT2D eigenvalue weighted by atomic mass is 32.2. The Morgan fingerprint density at radius 3 is 2.66 bits per heavy atom. The first kappa shape index (κ1) is 22.0.